The monoisotopic (exact) mass is 369 g/mol. The summed E-state index contributed by atoms with van der Waals surface area (Å²) >= 11 is 0. The van der Waals surface area contributed by atoms with Crippen LogP contribution >= 0.6 is 0 Å². The number of amides is 1. The molecule has 7 heteroatoms. The molecule has 1 heterocycles. The van der Waals surface area contributed by atoms with Crippen molar-refractivity contribution in [2.75, 3.05) is 7.05 Å². The summed E-state index contributed by atoms with van der Waals surface area (Å²) in [5, 5.41) is 6.02. The number of benzene rings is 2. The molecule has 0 fully saturated rings. The highest BCUT2D eigenvalue weighted by Gasteiger charge is 2.21. The lowest BCUT2D eigenvalue weighted by Crippen LogP contribution is -2.30. The van der Waals surface area contributed by atoms with Gasteiger partial charge in [0.05, 0.1) is 22.0 Å². The van der Waals surface area contributed by atoms with Gasteiger partial charge in [-0.3, -0.25) is 9.78 Å². The fourth-order valence-corrected chi connectivity index (χ4v) is 3.32. The van der Waals surface area contributed by atoms with Crippen molar-refractivity contribution in [2.45, 2.75) is 17.9 Å². The van der Waals surface area contributed by atoms with Crippen molar-refractivity contribution >= 4 is 26.8 Å². The minimum atomic E-state index is -3.74. The molecule has 6 nitrogen and oxygen atoms in total. The van der Waals surface area contributed by atoms with Crippen LogP contribution in [0.25, 0.3) is 10.9 Å². The summed E-state index contributed by atoms with van der Waals surface area (Å²) in [6.45, 7) is 1.88. The van der Waals surface area contributed by atoms with Crippen molar-refractivity contribution in [3.05, 3.63) is 71.9 Å². The predicted molar refractivity (Wildman–Crippen MR) is 100 cm³/mol. The maximum Gasteiger partial charge on any atom is 0.256 e. The molecule has 134 valence electrons. The fourth-order valence-electron chi connectivity index (χ4n) is 2.80. The van der Waals surface area contributed by atoms with Gasteiger partial charge in [-0.05, 0) is 36.8 Å². The molecule has 0 radical (unpaired) electrons. The topological polar surface area (TPSA) is 93.4 Å². The Morgan fingerprint density at radius 1 is 1.08 bits per heavy atom. The molecule has 0 aliphatic carbocycles. The Morgan fingerprint density at radius 2 is 1.73 bits per heavy atom. The van der Waals surface area contributed by atoms with Crippen molar-refractivity contribution in [1.29, 1.82) is 0 Å². The zero-order chi connectivity index (χ0) is 18.9. The molecule has 0 aliphatic rings. The molecule has 1 atom stereocenters. The highest BCUT2D eigenvalue weighted by molar-refractivity contribution is 7.89. The van der Waals surface area contributed by atoms with Gasteiger partial charge in [0.2, 0.25) is 10.0 Å². The zero-order valence-electron chi connectivity index (χ0n) is 14.5. The van der Waals surface area contributed by atoms with E-state index < -0.39 is 10.0 Å². The van der Waals surface area contributed by atoms with Gasteiger partial charge < -0.3 is 4.90 Å². The Kier molecular flexibility index (Phi) is 4.76. The molecule has 0 aliphatic heterocycles. The lowest BCUT2D eigenvalue weighted by molar-refractivity contribution is 0.0744. The SMILES string of the molecule is CC(c1ccc(S(N)(=O)=O)cc1)N(C)C(=O)c1cccc2cccnc12. The fraction of sp³-hybridized carbons (Fsp3) is 0.158. The summed E-state index contributed by atoms with van der Waals surface area (Å²) in [5.41, 5.74) is 1.99. The number of hydrogen-bond donors (Lipinski definition) is 1. The molecule has 2 aromatic carbocycles. The van der Waals surface area contributed by atoms with E-state index in [1.54, 1.807) is 36.3 Å². The predicted octanol–water partition coefficient (Wildman–Crippen LogP) is 2.72. The summed E-state index contributed by atoms with van der Waals surface area (Å²) in [7, 11) is -2.03. The second kappa shape index (κ2) is 6.86. The third kappa shape index (κ3) is 3.44. The molecule has 1 amide bonds. The van der Waals surface area contributed by atoms with E-state index in [0.717, 1.165) is 10.9 Å². The molecule has 1 unspecified atom stereocenters. The second-order valence-corrected chi connectivity index (χ2v) is 7.65. The molecule has 0 saturated carbocycles. The number of pyridine rings is 1. The first-order chi connectivity index (χ1) is 12.3. The van der Waals surface area contributed by atoms with Gasteiger partial charge in [0.25, 0.3) is 5.91 Å². The van der Waals surface area contributed by atoms with Crippen LogP contribution in [0.3, 0.4) is 0 Å². The van der Waals surface area contributed by atoms with Gasteiger partial charge in [0.15, 0.2) is 0 Å². The highest BCUT2D eigenvalue weighted by Crippen LogP contribution is 2.24. The summed E-state index contributed by atoms with van der Waals surface area (Å²) < 4.78 is 22.7. The minimum Gasteiger partial charge on any atom is -0.335 e. The first kappa shape index (κ1) is 18.0. The number of nitrogens with two attached hydrogens (primary N) is 1. The second-order valence-electron chi connectivity index (χ2n) is 6.09. The summed E-state index contributed by atoms with van der Waals surface area (Å²) in [6, 6.07) is 15.2. The van der Waals surface area contributed by atoms with Crippen LogP contribution in [0.15, 0.2) is 65.7 Å². The van der Waals surface area contributed by atoms with E-state index in [4.69, 9.17) is 5.14 Å². The largest absolute Gasteiger partial charge is 0.335 e. The number of nitrogens with zero attached hydrogens (tertiary/aromatic N) is 2. The average Bonchev–Trinajstić information content (AvgIpc) is 2.65. The van der Waals surface area contributed by atoms with Gasteiger partial charge in [0.1, 0.15) is 0 Å². The number of primary sulfonamides is 1. The number of aromatic nitrogens is 1. The number of carbonyl (C=O) groups is 1. The summed E-state index contributed by atoms with van der Waals surface area (Å²) in [6.07, 6.45) is 1.66. The third-order valence-corrected chi connectivity index (χ3v) is 5.38. The number of rotatable bonds is 4. The third-order valence-electron chi connectivity index (χ3n) is 4.46. The van der Waals surface area contributed by atoms with Crippen LogP contribution in [0.5, 0.6) is 0 Å². The van der Waals surface area contributed by atoms with E-state index in [1.165, 1.54) is 12.1 Å². The lowest BCUT2D eigenvalue weighted by atomic mass is 10.0. The summed E-state index contributed by atoms with van der Waals surface area (Å²) in [5.74, 6) is -0.155. The molecule has 3 rings (SSSR count). The maximum atomic E-state index is 13.0. The van der Waals surface area contributed by atoms with Crippen LogP contribution < -0.4 is 5.14 Å². The molecule has 0 bridgehead atoms. The molecule has 0 spiro atoms. The first-order valence-electron chi connectivity index (χ1n) is 8.02. The van der Waals surface area contributed by atoms with Crippen LogP contribution in [0.1, 0.15) is 28.9 Å². The van der Waals surface area contributed by atoms with Gasteiger partial charge in [-0.1, -0.05) is 30.3 Å². The number of fused-ring (bicyclic) bond motifs is 1. The van der Waals surface area contributed by atoms with Crippen LogP contribution in [0.2, 0.25) is 0 Å². The van der Waals surface area contributed by atoms with E-state index in [9.17, 15) is 13.2 Å². The Bertz CT molecular complexity index is 1060. The number of para-hydroxylation sites is 1. The van der Waals surface area contributed by atoms with E-state index in [0.29, 0.717) is 11.1 Å². The van der Waals surface area contributed by atoms with Crippen LogP contribution in [0.4, 0.5) is 0 Å². The molecular formula is C19H19N3O3S. The van der Waals surface area contributed by atoms with Gasteiger partial charge in [0, 0.05) is 18.6 Å². The normalized spacial score (nSPS) is 12.7. The Hall–Kier alpha value is -2.77. The van der Waals surface area contributed by atoms with Gasteiger partial charge in [-0.2, -0.15) is 0 Å². The number of sulfonamides is 1. The highest BCUT2D eigenvalue weighted by atomic mass is 32.2. The van der Waals surface area contributed by atoms with Gasteiger partial charge in [-0.25, -0.2) is 13.6 Å². The van der Waals surface area contributed by atoms with Crippen molar-refractivity contribution in [2.24, 2.45) is 5.14 Å². The standard InChI is InChI=1S/C19H19N3O3S/c1-13(14-8-10-16(11-9-14)26(20,24)25)22(2)19(23)17-7-3-5-15-6-4-12-21-18(15)17/h3-13H,1-2H3,(H2,20,24,25). The number of carbonyl (C=O) groups excluding carboxylic acids is 1. The number of hydrogen-bond acceptors (Lipinski definition) is 4. The maximum absolute atomic E-state index is 13.0. The van der Waals surface area contributed by atoms with E-state index >= 15 is 0 Å². The van der Waals surface area contributed by atoms with E-state index in [2.05, 4.69) is 4.98 Å². The van der Waals surface area contributed by atoms with Crippen molar-refractivity contribution in [3.8, 4) is 0 Å². The van der Waals surface area contributed by atoms with E-state index in [-0.39, 0.29) is 16.8 Å². The summed E-state index contributed by atoms with van der Waals surface area (Å²) in [4.78, 5) is 18.9. The van der Waals surface area contributed by atoms with E-state index in [1.807, 2.05) is 31.2 Å². The minimum absolute atomic E-state index is 0.0423. The molecular weight excluding hydrogens is 350 g/mol. The molecule has 0 saturated heterocycles. The van der Waals surface area contributed by atoms with Gasteiger partial charge >= 0.3 is 0 Å². The smallest absolute Gasteiger partial charge is 0.256 e. The Balaban J connectivity index is 1.90. The zero-order valence-corrected chi connectivity index (χ0v) is 15.3. The van der Waals surface area contributed by atoms with Crippen LogP contribution in [-0.4, -0.2) is 31.3 Å². The van der Waals surface area contributed by atoms with Crippen LogP contribution in [-0.2, 0) is 10.0 Å². The molecule has 3 aromatic rings. The van der Waals surface area contributed by atoms with Gasteiger partial charge in [-0.15, -0.1) is 0 Å². The molecule has 2 N–H and O–H groups in total. The first-order valence-corrected chi connectivity index (χ1v) is 9.57. The van der Waals surface area contributed by atoms with Crippen molar-refractivity contribution in [1.82, 2.24) is 9.88 Å². The average molecular weight is 369 g/mol. The van der Waals surface area contributed by atoms with Crippen LogP contribution in [0, 0.1) is 0 Å². The quantitative estimate of drug-likeness (QED) is 0.765. The lowest BCUT2D eigenvalue weighted by Gasteiger charge is -2.26. The van der Waals surface area contributed by atoms with Crippen molar-refractivity contribution in [3.63, 3.8) is 0 Å². The van der Waals surface area contributed by atoms with Crippen molar-refractivity contribution < 1.29 is 13.2 Å². The Labute approximate surface area is 152 Å². The molecule has 26 heavy (non-hydrogen) atoms. The Morgan fingerprint density at radius 3 is 2.38 bits per heavy atom. The molecule has 1 aromatic heterocycles.